The summed E-state index contributed by atoms with van der Waals surface area (Å²) < 4.78 is 55.4. The fraction of sp³-hybridized carbons (Fsp3) is 0.400. The van der Waals surface area contributed by atoms with Crippen LogP contribution in [0.1, 0.15) is 18.4 Å². The molecule has 0 unspecified atom stereocenters. The van der Waals surface area contributed by atoms with Crippen LogP contribution < -0.4 is 0 Å². The highest BCUT2D eigenvalue weighted by atomic mass is 32.2. The molecule has 0 bridgehead atoms. The number of aryl methyl sites for hydroxylation is 1. The van der Waals surface area contributed by atoms with Gasteiger partial charge in [0.2, 0.25) is 0 Å². The molecular formula is C15H17F2N3O2S. The highest BCUT2D eigenvalue weighted by Crippen LogP contribution is 2.28. The molecule has 8 heteroatoms. The first kappa shape index (κ1) is 16.1. The van der Waals surface area contributed by atoms with Crippen LogP contribution in [0.3, 0.4) is 0 Å². The molecular weight excluding hydrogens is 324 g/mol. The molecule has 1 aromatic heterocycles. The molecule has 0 spiro atoms. The van der Waals surface area contributed by atoms with E-state index in [2.05, 4.69) is 4.98 Å². The van der Waals surface area contributed by atoms with Gasteiger partial charge in [0.25, 0.3) is 10.0 Å². The van der Waals surface area contributed by atoms with Crippen molar-refractivity contribution in [3.05, 3.63) is 47.9 Å². The van der Waals surface area contributed by atoms with Crippen LogP contribution in [0.15, 0.2) is 35.7 Å². The molecule has 0 aliphatic carbocycles. The van der Waals surface area contributed by atoms with Crippen molar-refractivity contribution in [2.24, 2.45) is 7.05 Å². The van der Waals surface area contributed by atoms with Crippen molar-refractivity contribution in [1.82, 2.24) is 13.9 Å². The first-order chi connectivity index (χ1) is 10.9. The monoisotopic (exact) mass is 341 g/mol. The van der Waals surface area contributed by atoms with Crippen LogP contribution in [0.5, 0.6) is 0 Å². The summed E-state index contributed by atoms with van der Waals surface area (Å²) in [6.07, 6.45) is 4.31. The maximum Gasteiger partial charge on any atom is 0.262 e. The second-order valence-electron chi connectivity index (χ2n) is 5.73. The molecule has 1 aromatic carbocycles. The zero-order chi connectivity index (χ0) is 16.6. The van der Waals surface area contributed by atoms with Gasteiger partial charge in [-0.25, -0.2) is 22.2 Å². The van der Waals surface area contributed by atoms with Crippen LogP contribution in [0.2, 0.25) is 0 Å². The SMILES string of the molecule is Cn1cnc(S(=O)(=O)N2CCC[C@@H]2Cc2cc(F)ccc2F)c1. The van der Waals surface area contributed by atoms with E-state index < -0.39 is 27.7 Å². The first-order valence-corrected chi connectivity index (χ1v) is 8.75. The summed E-state index contributed by atoms with van der Waals surface area (Å²) in [7, 11) is -2.03. The van der Waals surface area contributed by atoms with E-state index >= 15 is 0 Å². The normalized spacial score (nSPS) is 19.3. The average molecular weight is 341 g/mol. The summed E-state index contributed by atoms with van der Waals surface area (Å²) in [5.74, 6) is -1.05. The lowest BCUT2D eigenvalue weighted by atomic mass is 10.0. The van der Waals surface area contributed by atoms with Gasteiger partial charge in [0.15, 0.2) is 5.03 Å². The Hall–Kier alpha value is -1.80. The maximum absolute atomic E-state index is 13.8. The quantitative estimate of drug-likeness (QED) is 0.856. The van der Waals surface area contributed by atoms with Crippen LogP contribution in [-0.4, -0.2) is 34.9 Å². The Morgan fingerprint density at radius 3 is 2.83 bits per heavy atom. The number of halogens is 2. The van der Waals surface area contributed by atoms with Crippen molar-refractivity contribution in [2.45, 2.75) is 30.3 Å². The van der Waals surface area contributed by atoms with E-state index in [1.165, 1.54) is 16.8 Å². The minimum Gasteiger partial charge on any atom is -0.339 e. The van der Waals surface area contributed by atoms with Gasteiger partial charge in [-0.05, 0) is 43.0 Å². The molecule has 0 amide bonds. The predicted molar refractivity (Wildman–Crippen MR) is 80.2 cm³/mol. The Labute approximate surface area is 133 Å². The standard InChI is InChI=1S/C15H17F2N3O2S/c1-19-9-15(18-10-19)23(21,22)20-6-2-3-13(20)8-11-7-12(16)4-5-14(11)17/h4-5,7,9-10,13H,2-3,6,8H2,1H3/t13-/m1/s1. The van der Waals surface area contributed by atoms with Crippen molar-refractivity contribution < 1.29 is 17.2 Å². The number of benzene rings is 1. The second kappa shape index (κ2) is 6.01. The lowest BCUT2D eigenvalue weighted by Crippen LogP contribution is -2.37. The van der Waals surface area contributed by atoms with Gasteiger partial charge < -0.3 is 4.57 Å². The van der Waals surface area contributed by atoms with Gasteiger partial charge in [-0.2, -0.15) is 4.31 Å². The fourth-order valence-electron chi connectivity index (χ4n) is 2.93. The van der Waals surface area contributed by atoms with Gasteiger partial charge >= 0.3 is 0 Å². The highest BCUT2D eigenvalue weighted by Gasteiger charge is 2.36. The van der Waals surface area contributed by atoms with Crippen molar-refractivity contribution in [3.8, 4) is 0 Å². The lowest BCUT2D eigenvalue weighted by molar-refractivity contribution is 0.380. The molecule has 124 valence electrons. The predicted octanol–water partition coefficient (Wildman–Crippen LogP) is 2.09. The average Bonchev–Trinajstić information content (AvgIpc) is 3.12. The molecule has 0 N–H and O–H groups in total. The van der Waals surface area contributed by atoms with E-state index in [9.17, 15) is 17.2 Å². The number of hydrogen-bond acceptors (Lipinski definition) is 3. The molecule has 23 heavy (non-hydrogen) atoms. The number of rotatable bonds is 4. The Morgan fingerprint density at radius 1 is 1.35 bits per heavy atom. The summed E-state index contributed by atoms with van der Waals surface area (Å²) >= 11 is 0. The van der Waals surface area contributed by atoms with Crippen molar-refractivity contribution in [1.29, 1.82) is 0 Å². The van der Waals surface area contributed by atoms with Gasteiger partial charge in [0, 0.05) is 25.8 Å². The molecule has 0 radical (unpaired) electrons. The lowest BCUT2D eigenvalue weighted by Gasteiger charge is -2.23. The number of nitrogens with zero attached hydrogens (tertiary/aromatic N) is 3. The van der Waals surface area contributed by atoms with Crippen molar-refractivity contribution in [3.63, 3.8) is 0 Å². The molecule has 2 aromatic rings. The van der Waals surface area contributed by atoms with Crippen LogP contribution in [-0.2, 0) is 23.5 Å². The first-order valence-electron chi connectivity index (χ1n) is 7.31. The minimum absolute atomic E-state index is 0.0217. The Bertz CT molecular complexity index is 820. The topological polar surface area (TPSA) is 55.2 Å². The van der Waals surface area contributed by atoms with Crippen molar-refractivity contribution >= 4 is 10.0 Å². The van der Waals surface area contributed by atoms with E-state index in [0.29, 0.717) is 19.4 Å². The molecule has 5 nitrogen and oxygen atoms in total. The molecule has 1 fully saturated rings. The number of hydrogen-bond donors (Lipinski definition) is 0. The third-order valence-corrected chi connectivity index (χ3v) is 5.88. The Morgan fingerprint density at radius 2 is 2.13 bits per heavy atom. The minimum atomic E-state index is -3.72. The maximum atomic E-state index is 13.8. The molecule has 1 saturated heterocycles. The molecule has 0 saturated carbocycles. The zero-order valence-corrected chi connectivity index (χ0v) is 13.4. The van der Waals surface area contributed by atoms with Crippen LogP contribution in [0, 0.1) is 11.6 Å². The summed E-state index contributed by atoms with van der Waals surface area (Å²) in [4.78, 5) is 3.90. The molecule has 3 rings (SSSR count). The molecule has 1 atom stereocenters. The Balaban J connectivity index is 1.87. The Kier molecular flexibility index (Phi) is 4.20. The third-order valence-electron chi connectivity index (χ3n) is 4.04. The van der Waals surface area contributed by atoms with E-state index in [4.69, 9.17) is 0 Å². The molecule has 1 aliphatic heterocycles. The third kappa shape index (κ3) is 3.13. The van der Waals surface area contributed by atoms with E-state index in [0.717, 1.165) is 18.2 Å². The van der Waals surface area contributed by atoms with Crippen LogP contribution >= 0.6 is 0 Å². The summed E-state index contributed by atoms with van der Waals surface area (Å²) in [5, 5.41) is -0.0217. The summed E-state index contributed by atoms with van der Waals surface area (Å²) in [6, 6.07) is 2.85. The largest absolute Gasteiger partial charge is 0.339 e. The smallest absolute Gasteiger partial charge is 0.262 e. The number of sulfonamides is 1. The van der Waals surface area contributed by atoms with Gasteiger partial charge in [-0.1, -0.05) is 0 Å². The highest BCUT2D eigenvalue weighted by molar-refractivity contribution is 7.89. The second-order valence-corrected chi connectivity index (χ2v) is 7.57. The van der Waals surface area contributed by atoms with E-state index in [1.54, 1.807) is 11.6 Å². The number of imidazole rings is 1. The van der Waals surface area contributed by atoms with Gasteiger partial charge in [-0.15, -0.1) is 0 Å². The van der Waals surface area contributed by atoms with Gasteiger partial charge in [0.05, 0.1) is 6.33 Å². The molecule has 2 heterocycles. The summed E-state index contributed by atoms with van der Waals surface area (Å²) in [5.41, 5.74) is 0.193. The van der Waals surface area contributed by atoms with Crippen LogP contribution in [0.4, 0.5) is 8.78 Å². The van der Waals surface area contributed by atoms with Crippen LogP contribution in [0.25, 0.3) is 0 Å². The van der Waals surface area contributed by atoms with Gasteiger partial charge in [-0.3, -0.25) is 0 Å². The number of aromatic nitrogens is 2. The fourth-order valence-corrected chi connectivity index (χ4v) is 4.59. The van der Waals surface area contributed by atoms with Crippen molar-refractivity contribution in [2.75, 3.05) is 6.54 Å². The van der Waals surface area contributed by atoms with E-state index in [-0.39, 0.29) is 17.0 Å². The molecule has 1 aliphatic rings. The summed E-state index contributed by atoms with van der Waals surface area (Å²) in [6.45, 7) is 0.362. The van der Waals surface area contributed by atoms with Gasteiger partial charge in [0.1, 0.15) is 11.6 Å². The zero-order valence-electron chi connectivity index (χ0n) is 12.6. The van der Waals surface area contributed by atoms with E-state index in [1.807, 2.05) is 0 Å².